The summed E-state index contributed by atoms with van der Waals surface area (Å²) in [6.07, 6.45) is 1.17. The van der Waals surface area contributed by atoms with E-state index in [-0.39, 0.29) is 0 Å². The molecule has 0 amide bonds. The van der Waals surface area contributed by atoms with Gasteiger partial charge in [0.1, 0.15) is 0 Å². The first-order valence-corrected chi connectivity index (χ1v) is 6.97. The normalized spacial score (nSPS) is 17.5. The smallest absolute Gasteiger partial charge is 0.0584 e. The lowest BCUT2D eigenvalue weighted by molar-refractivity contribution is 0.618. The molecule has 1 aliphatic heterocycles. The van der Waals surface area contributed by atoms with Gasteiger partial charge in [0.05, 0.1) is 6.54 Å². The van der Waals surface area contributed by atoms with Crippen LogP contribution in [0, 0.1) is 0 Å². The van der Waals surface area contributed by atoms with E-state index in [1.807, 2.05) is 11.8 Å². The molecule has 0 atom stereocenters. The molecule has 1 aromatic carbocycles. The van der Waals surface area contributed by atoms with E-state index in [1.165, 1.54) is 18.5 Å². The predicted molar refractivity (Wildman–Crippen MR) is 72.3 cm³/mol. The Labute approximate surface area is 103 Å². The highest BCUT2D eigenvalue weighted by molar-refractivity contribution is 8.02. The molecule has 1 fully saturated rings. The third-order valence-electron chi connectivity index (χ3n) is 2.90. The Morgan fingerprint density at radius 3 is 2.56 bits per heavy atom. The van der Waals surface area contributed by atoms with E-state index in [0.29, 0.717) is 0 Å². The molecule has 0 spiro atoms. The molecule has 1 aliphatic rings. The Hall–Kier alpha value is -0.890. The summed E-state index contributed by atoms with van der Waals surface area (Å²) in [7, 11) is 0. The Bertz CT molecular complexity index is 370. The van der Waals surface area contributed by atoms with Crippen molar-refractivity contribution in [3.05, 3.63) is 46.5 Å². The molecular weight excluding hydrogens is 214 g/mol. The fourth-order valence-corrected chi connectivity index (χ4v) is 2.94. The van der Waals surface area contributed by atoms with E-state index in [2.05, 4.69) is 49.1 Å². The fourth-order valence-electron chi connectivity index (χ4n) is 1.85. The Balaban J connectivity index is 1.92. The summed E-state index contributed by atoms with van der Waals surface area (Å²) in [6, 6.07) is 10.7. The second kappa shape index (κ2) is 5.44. The van der Waals surface area contributed by atoms with Gasteiger partial charge in [-0.2, -0.15) is 0 Å². The highest BCUT2D eigenvalue weighted by Gasteiger charge is 2.26. The lowest BCUT2D eigenvalue weighted by atomic mass is 10.2. The van der Waals surface area contributed by atoms with Crippen molar-refractivity contribution in [3.8, 4) is 0 Å². The van der Waals surface area contributed by atoms with Gasteiger partial charge >= 0.3 is 0 Å². The monoisotopic (exact) mass is 233 g/mol. The van der Waals surface area contributed by atoms with Gasteiger partial charge < -0.3 is 4.90 Å². The molecule has 1 saturated heterocycles. The van der Waals surface area contributed by atoms with Gasteiger partial charge in [-0.25, -0.2) is 0 Å². The summed E-state index contributed by atoms with van der Waals surface area (Å²) >= 11 is 2.00. The van der Waals surface area contributed by atoms with E-state index in [9.17, 15) is 0 Å². The number of rotatable bonds is 5. The van der Waals surface area contributed by atoms with E-state index in [0.717, 1.165) is 12.3 Å². The van der Waals surface area contributed by atoms with Crippen LogP contribution < -0.4 is 0 Å². The van der Waals surface area contributed by atoms with Gasteiger partial charge in [-0.05, 0) is 18.9 Å². The van der Waals surface area contributed by atoms with Crippen molar-refractivity contribution in [2.24, 2.45) is 0 Å². The number of nitrogens with zero attached hydrogens (tertiary/aromatic N) is 1. The molecule has 2 heteroatoms. The first-order valence-electron chi connectivity index (χ1n) is 5.98. The number of benzene rings is 1. The van der Waals surface area contributed by atoms with Crippen LogP contribution in [-0.4, -0.2) is 18.0 Å². The van der Waals surface area contributed by atoms with E-state index in [4.69, 9.17) is 0 Å². The van der Waals surface area contributed by atoms with Crippen LogP contribution in [-0.2, 0) is 5.75 Å². The minimum atomic E-state index is 1.10. The van der Waals surface area contributed by atoms with Gasteiger partial charge in [-0.1, -0.05) is 37.3 Å². The Morgan fingerprint density at radius 1 is 1.25 bits per heavy atom. The number of allylic oxidation sites excluding steroid dienone is 1. The van der Waals surface area contributed by atoms with Crippen molar-refractivity contribution in [1.29, 1.82) is 0 Å². The standard InChI is InChI=1S/C14H19NS/c1-3-14(13-10-15(13)4-2)16-11-12-8-6-5-7-9-12/h5-9H,3-4,10-11H2,1-2H3/b14-13-. The van der Waals surface area contributed by atoms with Crippen LogP contribution in [0.25, 0.3) is 0 Å². The summed E-state index contributed by atoms with van der Waals surface area (Å²) in [5.74, 6) is 1.10. The minimum Gasteiger partial charge on any atom is -0.367 e. The highest BCUT2D eigenvalue weighted by atomic mass is 32.2. The second-order valence-corrected chi connectivity index (χ2v) is 5.08. The molecule has 0 bridgehead atoms. The lowest BCUT2D eigenvalue weighted by Gasteiger charge is -2.04. The maximum atomic E-state index is 2.44. The summed E-state index contributed by atoms with van der Waals surface area (Å²) in [6.45, 7) is 6.83. The largest absolute Gasteiger partial charge is 0.367 e. The Morgan fingerprint density at radius 2 is 2.00 bits per heavy atom. The van der Waals surface area contributed by atoms with Crippen molar-refractivity contribution in [1.82, 2.24) is 4.90 Å². The SMILES string of the molecule is CC/C(SCc1ccccc1)=C1\CN1CC. The van der Waals surface area contributed by atoms with Gasteiger partial charge in [-0.3, -0.25) is 0 Å². The third kappa shape index (κ3) is 2.82. The van der Waals surface area contributed by atoms with Gasteiger partial charge in [-0.15, -0.1) is 11.8 Å². The average molecular weight is 233 g/mol. The van der Waals surface area contributed by atoms with Crippen LogP contribution in [0.4, 0.5) is 0 Å². The van der Waals surface area contributed by atoms with Gasteiger partial charge in [0.25, 0.3) is 0 Å². The summed E-state index contributed by atoms with van der Waals surface area (Å²) in [5.41, 5.74) is 2.99. The first-order chi connectivity index (χ1) is 7.85. The first kappa shape index (κ1) is 11.6. The molecule has 1 aromatic rings. The van der Waals surface area contributed by atoms with Crippen LogP contribution in [0.2, 0.25) is 0 Å². The minimum absolute atomic E-state index is 1.10. The molecule has 2 rings (SSSR count). The molecule has 1 heterocycles. The van der Waals surface area contributed by atoms with Crippen LogP contribution in [0.3, 0.4) is 0 Å². The zero-order chi connectivity index (χ0) is 11.4. The fraction of sp³-hybridized carbons (Fsp3) is 0.429. The quantitative estimate of drug-likeness (QED) is 0.710. The number of hydrogen-bond acceptors (Lipinski definition) is 2. The average Bonchev–Trinajstić information content (AvgIpc) is 3.11. The molecule has 0 aromatic heterocycles. The third-order valence-corrected chi connectivity index (χ3v) is 4.25. The highest BCUT2D eigenvalue weighted by Crippen LogP contribution is 2.35. The molecule has 0 aliphatic carbocycles. The van der Waals surface area contributed by atoms with E-state index >= 15 is 0 Å². The Kier molecular flexibility index (Phi) is 3.94. The second-order valence-electron chi connectivity index (χ2n) is 4.01. The lowest BCUT2D eigenvalue weighted by Crippen LogP contribution is -1.92. The molecule has 0 saturated carbocycles. The maximum absolute atomic E-state index is 2.44. The zero-order valence-corrected chi connectivity index (χ0v) is 10.9. The van der Waals surface area contributed by atoms with Gasteiger partial charge in [0, 0.05) is 22.9 Å². The van der Waals surface area contributed by atoms with Gasteiger partial charge in [0.15, 0.2) is 0 Å². The van der Waals surface area contributed by atoms with E-state index < -0.39 is 0 Å². The molecule has 1 nitrogen and oxygen atoms in total. The molecular formula is C14H19NS. The zero-order valence-electron chi connectivity index (χ0n) is 10.1. The van der Waals surface area contributed by atoms with Gasteiger partial charge in [0.2, 0.25) is 0 Å². The van der Waals surface area contributed by atoms with E-state index in [1.54, 1.807) is 10.6 Å². The molecule has 0 N–H and O–H groups in total. The van der Waals surface area contributed by atoms with Crippen molar-refractivity contribution in [2.75, 3.05) is 13.1 Å². The van der Waals surface area contributed by atoms with Crippen molar-refractivity contribution in [3.63, 3.8) is 0 Å². The number of hydrogen-bond donors (Lipinski definition) is 0. The van der Waals surface area contributed by atoms with Crippen molar-refractivity contribution >= 4 is 11.8 Å². The molecule has 0 unspecified atom stereocenters. The van der Waals surface area contributed by atoms with Crippen LogP contribution in [0.15, 0.2) is 40.9 Å². The number of likely N-dealkylation sites (N-methyl/N-ethyl adjacent to an activating group) is 1. The van der Waals surface area contributed by atoms with Crippen LogP contribution in [0.1, 0.15) is 25.8 Å². The molecule has 16 heavy (non-hydrogen) atoms. The van der Waals surface area contributed by atoms with Crippen LogP contribution >= 0.6 is 11.8 Å². The predicted octanol–water partition coefficient (Wildman–Crippen LogP) is 3.88. The molecule has 86 valence electrons. The topological polar surface area (TPSA) is 3.01 Å². The summed E-state index contributed by atoms with van der Waals surface area (Å²) in [4.78, 5) is 4.02. The number of thioether (sulfide) groups is 1. The summed E-state index contributed by atoms with van der Waals surface area (Å²) < 4.78 is 0. The van der Waals surface area contributed by atoms with Crippen LogP contribution in [0.5, 0.6) is 0 Å². The summed E-state index contributed by atoms with van der Waals surface area (Å²) in [5, 5.41) is 0. The maximum Gasteiger partial charge on any atom is 0.0584 e. The van der Waals surface area contributed by atoms with Crippen molar-refractivity contribution in [2.45, 2.75) is 26.0 Å². The molecule has 0 radical (unpaired) electrons. The van der Waals surface area contributed by atoms with Crippen molar-refractivity contribution < 1.29 is 0 Å².